The molecule has 208 valence electrons. The van der Waals surface area contributed by atoms with Gasteiger partial charge in [0.15, 0.2) is 11.5 Å². The molecule has 0 saturated carbocycles. The first kappa shape index (κ1) is 26.9. The molecular weight excluding hydrogens is 514 g/mol. The summed E-state index contributed by atoms with van der Waals surface area (Å²) in [6.45, 7) is 2.46. The van der Waals surface area contributed by atoms with Gasteiger partial charge in [0, 0.05) is 30.1 Å². The summed E-state index contributed by atoms with van der Waals surface area (Å²) in [5.74, 6) is 2.51. The Morgan fingerprint density at radius 3 is 2.33 bits per heavy atom. The fourth-order valence-corrected chi connectivity index (χ4v) is 5.15. The third kappa shape index (κ3) is 5.02. The lowest BCUT2D eigenvalue weighted by Crippen LogP contribution is -2.42. The first-order chi connectivity index (χ1) is 19.4. The SMILES string of the molecule is COc1ccc(C(=O)N2CCc3cc(OC)c(OC)cc3[C@@H]2COc2ccc3c(C)cc(=O)oc3c2)c(OC)c1. The molecule has 2 heterocycles. The Morgan fingerprint density at radius 2 is 1.60 bits per heavy atom. The van der Waals surface area contributed by atoms with Crippen molar-refractivity contribution >= 4 is 16.9 Å². The minimum Gasteiger partial charge on any atom is -0.497 e. The Morgan fingerprint density at radius 1 is 0.875 bits per heavy atom. The van der Waals surface area contributed by atoms with Gasteiger partial charge in [-0.15, -0.1) is 0 Å². The van der Waals surface area contributed by atoms with Crippen LogP contribution in [-0.4, -0.2) is 52.4 Å². The number of benzene rings is 3. The molecule has 1 aliphatic heterocycles. The quantitative estimate of drug-likeness (QED) is 0.287. The highest BCUT2D eigenvalue weighted by Gasteiger charge is 2.34. The zero-order valence-electron chi connectivity index (χ0n) is 23.1. The first-order valence-electron chi connectivity index (χ1n) is 12.8. The first-order valence-corrected chi connectivity index (χ1v) is 12.8. The summed E-state index contributed by atoms with van der Waals surface area (Å²) in [5, 5.41) is 0.829. The third-order valence-electron chi connectivity index (χ3n) is 7.23. The van der Waals surface area contributed by atoms with Crippen LogP contribution in [0.1, 0.15) is 33.1 Å². The number of hydrogen-bond acceptors (Lipinski definition) is 8. The van der Waals surface area contributed by atoms with Gasteiger partial charge in [-0.1, -0.05) is 0 Å². The summed E-state index contributed by atoms with van der Waals surface area (Å²) in [5.41, 5.74) is 3.19. The molecule has 0 unspecified atom stereocenters. The number of carbonyl (C=O) groups is 1. The minimum absolute atomic E-state index is 0.147. The number of carbonyl (C=O) groups excluding carboxylic acids is 1. The maximum Gasteiger partial charge on any atom is 0.336 e. The van der Waals surface area contributed by atoms with Gasteiger partial charge in [0.2, 0.25) is 0 Å². The molecule has 1 aliphatic rings. The number of aryl methyl sites for hydroxylation is 1. The number of fused-ring (bicyclic) bond motifs is 2. The average Bonchev–Trinajstić information content (AvgIpc) is 2.97. The fourth-order valence-electron chi connectivity index (χ4n) is 5.15. The Hall–Kier alpha value is -4.66. The highest BCUT2D eigenvalue weighted by Crippen LogP contribution is 2.40. The molecule has 0 radical (unpaired) electrons. The van der Waals surface area contributed by atoms with Crippen molar-refractivity contribution < 1.29 is 32.9 Å². The normalized spacial score (nSPS) is 14.4. The van der Waals surface area contributed by atoms with Crippen LogP contribution in [0.15, 0.2) is 63.8 Å². The van der Waals surface area contributed by atoms with Gasteiger partial charge in [-0.2, -0.15) is 0 Å². The zero-order valence-corrected chi connectivity index (χ0v) is 23.1. The molecular formula is C31H31NO8. The standard InChI is InChI=1S/C31H31NO8/c1-18-12-30(33)40-27-15-21(7-8-22(18)27)39-17-25-24-16-29(38-5)28(37-4)13-19(24)10-11-32(25)31(34)23-9-6-20(35-2)14-26(23)36-3/h6-9,12-16,25H,10-11,17H2,1-5H3/t25-/m0/s1. The maximum atomic E-state index is 14.0. The number of methoxy groups -OCH3 is 4. The van der Waals surface area contributed by atoms with Crippen LogP contribution in [0.25, 0.3) is 11.0 Å². The summed E-state index contributed by atoms with van der Waals surface area (Å²) < 4.78 is 33.6. The topological polar surface area (TPSA) is 96.7 Å². The predicted octanol–water partition coefficient (Wildman–Crippen LogP) is 4.95. The van der Waals surface area contributed by atoms with E-state index in [1.165, 1.54) is 13.2 Å². The molecule has 40 heavy (non-hydrogen) atoms. The largest absolute Gasteiger partial charge is 0.497 e. The van der Waals surface area contributed by atoms with Crippen LogP contribution in [0.2, 0.25) is 0 Å². The smallest absolute Gasteiger partial charge is 0.336 e. The summed E-state index contributed by atoms with van der Waals surface area (Å²) in [6.07, 6.45) is 0.622. The van der Waals surface area contributed by atoms with E-state index in [-0.39, 0.29) is 12.5 Å². The van der Waals surface area contributed by atoms with Crippen molar-refractivity contribution in [2.24, 2.45) is 0 Å². The second-order valence-electron chi connectivity index (χ2n) is 9.45. The van der Waals surface area contributed by atoms with Crippen molar-refractivity contribution in [3.63, 3.8) is 0 Å². The minimum atomic E-state index is -0.455. The molecule has 5 rings (SSSR count). The molecule has 9 nitrogen and oxygen atoms in total. The fraction of sp³-hybridized carbons (Fsp3) is 0.290. The highest BCUT2D eigenvalue weighted by atomic mass is 16.5. The van der Waals surface area contributed by atoms with Crippen molar-refractivity contribution in [2.45, 2.75) is 19.4 Å². The Balaban J connectivity index is 1.53. The highest BCUT2D eigenvalue weighted by molar-refractivity contribution is 5.97. The Kier molecular flexibility index (Phi) is 7.55. The molecule has 0 saturated heterocycles. The molecule has 1 aromatic heterocycles. The lowest BCUT2D eigenvalue weighted by molar-refractivity contribution is 0.0586. The number of rotatable bonds is 8. The second kappa shape index (κ2) is 11.2. The molecule has 0 bridgehead atoms. The van der Waals surface area contributed by atoms with Crippen LogP contribution in [0.4, 0.5) is 0 Å². The van der Waals surface area contributed by atoms with Crippen LogP contribution in [0.3, 0.4) is 0 Å². The lowest BCUT2D eigenvalue weighted by atomic mass is 9.91. The van der Waals surface area contributed by atoms with Crippen LogP contribution in [0.5, 0.6) is 28.7 Å². The van der Waals surface area contributed by atoms with Crippen LogP contribution in [-0.2, 0) is 6.42 Å². The molecule has 0 spiro atoms. The van der Waals surface area contributed by atoms with E-state index in [2.05, 4.69) is 0 Å². The molecule has 4 aromatic rings. The van der Waals surface area contributed by atoms with Crippen LogP contribution in [0, 0.1) is 6.92 Å². The van der Waals surface area contributed by atoms with Gasteiger partial charge in [-0.25, -0.2) is 4.79 Å². The second-order valence-corrected chi connectivity index (χ2v) is 9.45. The molecule has 1 atom stereocenters. The molecule has 1 amide bonds. The van der Waals surface area contributed by atoms with E-state index in [1.54, 1.807) is 50.5 Å². The molecule has 0 fully saturated rings. The van der Waals surface area contributed by atoms with Gasteiger partial charge >= 0.3 is 5.63 Å². The van der Waals surface area contributed by atoms with E-state index < -0.39 is 11.7 Å². The number of nitrogens with zero attached hydrogens (tertiary/aromatic N) is 1. The van der Waals surface area contributed by atoms with E-state index in [4.69, 9.17) is 28.1 Å². The molecule has 9 heteroatoms. The van der Waals surface area contributed by atoms with Crippen molar-refractivity contribution in [2.75, 3.05) is 41.6 Å². The Labute approximate surface area is 231 Å². The number of amides is 1. The van der Waals surface area contributed by atoms with Gasteiger partial charge in [0.25, 0.3) is 5.91 Å². The Bertz CT molecular complexity index is 1630. The molecule has 3 aromatic carbocycles. The van der Waals surface area contributed by atoms with Gasteiger partial charge in [-0.05, 0) is 66.4 Å². The van der Waals surface area contributed by atoms with Gasteiger partial charge in [0.05, 0.1) is 40.0 Å². The van der Waals surface area contributed by atoms with Crippen LogP contribution < -0.4 is 29.3 Å². The average molecular weight is 546 g/mol. The summed E-state index contributed by atoms with van der Waals surface area (Å²) in [4.78, 5) is 27.7. The summed E-state index contributed by atoms with van der Waals surface area (Å²) in [6, 6.07) is 15.4. The third-order valence-corrected chi connectivity index (χ3v) is 7.23. The van der Waals surface area contributed by atoms with E-state index >= 15 is 0 Å². The van der Waals surface area contributed by atoms with E-state index in [9.17, 15) is 9.59 Å². The van der Waals surface area contributed by atoms with E-state index in [0.29, 0.717) is 52.9 Å². The maximum absolute atomic E-state index is 14.0. The van der Waals surface area contributed by atoms with Gasteiger partial charge in [0.1, 0.15) is 29.4 Å². The zero-order chi connectivity index (χ0) is 28.4. The monoisotopic (exact) mass is 545 g/mol. The number of ether oxygens (including phenoxy) is 5. The number of hydrogen-bond donors (Lipinski definition) is 0. The van der Waals surface area contributed by atoms with Gasteiger partial charge in [-0.3, -0.25) is 4.79 Å². The van der Waals surface area contributed by atoms with Crippen LogP contribution >= 0.6 is 0 Å². The van der Waals surface area contributed by atoms with Crippen molar-refractivity contribution in [3.8, 4) is 28.7 Å². The lowest BCUT2D eigenvalue weighted by Gasteiger charge is -2.38. The van der Waals surface area contributed by atoms with Crippen molar-refractivity contribution in [1.29, 1.82) is 0 Å². The summed E-state index contributed by atoms with van der Waals surface area (Å²) in [7, 11) is 6.26. The van der Waals surface area contributed by atoms with Gasteiger partial charge < -0.3 is 33.0 Å². The predicted molar refractivity (Wildman–Crippen MR) is 149 cm³/mol. The summed E-state index contributed by atoms with van der Waals surface area (Å²) >= 11 is 0. The molecule has 0 N–H and O–H groups in total. The van der Waals surface area contributed by atoms with E-state index in [1.807, 2.05) is 31.2 Å². The van der Waals surface area contributed by atoms with Crippen molar-refractivity contribution in [3.05, 3.63) is 87.3 Å². The van der Waals surface area contributed by atoms with Crippen molar-refractivity contribution in [1.82, 2.24) is 4.90 Å². The van der Waals surface area contributed by atoms with E-state index in [0.717, 1.165) is 22.1 Å². The molecule has 0 aliphatic carbocycles.